The van der Waals surface area contributed by atoms with Crippen molar-refractivity contribution in [2.24, 2.45) is 0 Å². The summed E-state index contributed by atoms with van der Waals surface area (Å²) >= 11 is 11.9. The third-order valence-corrected chi connectivity index (χ3v) is 5.27. The van der Waals surface area contributed by atoms with Crippen LogP contribution in [0, 0.1) is 0 Å². The summed E-state index contributed by atoms with van der Waals surface area (Å²) in [6.07, 6.45) is -1.63. The van der Waals surface area contributed by atoms with Crippen LogP contribution in [0.15, 0.2) is 54.7 Å². The molecule has 0 spiro atoms. The molecule has 158 valence electrons. The number of benzene rings is 2. The van der Waals surface area contributed by atoms with Gasteiger partial charge in [-0.05, 0) is 48.5 Å². The molecule has 6 nitrogen and oxygen atoms in total. The normalized spacial score (nSPS) is 11.2. The highest BCUT2D eigenvalue weighted by atomic mass is 35.5. The standard InChI is InChI=1S/C21H14Cl2F2N4O2/c1-31-13-5-2-11(3-6-13)17-9-18(19(24)25)29-20(28-17)14(10-26-29)21(30)27-12-4-7-15(22)16(23)8-12/h2-10,19H,1H3,(H,27,30). The van der Waals surface area contributed by atoms with E-state index in [0.717, 1.165) is 4.52 Å². The molecule has 2 aromatic heterocycles. The maximum atomic E-state index is 13.7. The highest BCUT2D eigenvalue weighted by Crippen LogP contribution is 2.29. The molecular formula is C21H14Cl2F2N4O2. The Labute approximate surface area is 185 Å². The SMILES string of the molecule is COc1ccc(-c2cc(C(F)F)n3ncc(C(=O)Nc4ccc(Cl)c(Cl)c4)c3n2)cc1. The van der Waals surface area contributed by atoms with Gasteiger partial charge in [0.25, 0.3) is 12.3 Å². The molecule has 1 N–H and O–H groups in total. The summed E-state index contributed by atoms with van der Waals surface area (Å²) in [7, 11) is 1.53. The molecule has 0 unspecified atom stereocenters. The number of fused-ring (bicyclic) bond motifs is 1. The van der Waals surface area contributed by atoms with Gasteiger partial charge in [-0.1, -0.05) is 23.2 Å². The molecule has 2 aromatic carbocycles. The molecular weight excluding hydrogens is 449 g/mol. The molecule has 0 aliphatic heterocycles. The number of hydrogen-bond donors (Lipinski definition) is 1. The third kappa shape index (κ3) is 4.17. The number of methoxy groups -OCH3 is 1. The number of rotatable bonds is 5. The van der Waals surface area contributed by atoms with E-state index in [9.17, 15) is 13.6 Å². The topological polar surface area (TPSA) is 68.5 Å². The number of anilines is 1. The molecule has 10 heteroatoms. The predicted octanol–water partition coefficient (Wildman–Crippen LogP) is 5.90. The zero-order valence-corrected chi connectivity index (χ0v) is 17.5. The van der Waals surface area contributed by atoms with E-state index in [-0.39, 0.29) is 27.6 Å². The molecule has 0 bridgehead atoms. The second-order valence-corrected chi connectivity index (χ2v) is 7.29. The maximum absolute atomic E-state index is 13.7. The van der Waals surface area contributed by atoms with E-state index in [1.807, 2.05) is 0 Å². The molecule has 0 fully saturated rings. The van der Waals surface area contributed by atoms with Gasteiger partial charge in [0.1, 0.15) is 17.0 Å². The summed E-state index contributed by atoms with van der Waals surface area (Å²) in [5, 5.41) is 7.19. The first-order chi connectivity index (χ1) is 14.9. The summed E-state index contributed by atoms with van der Waals surface area (Å²) in [6.45, 7) is 0. The third-order valence-electron chi connectivity index (χ3n) is 4.53. The van der Waals surface area contributed by atoms with Crippen molar-refractivity contribution in [1.29, 1.82) is 0 Å². The number of amides is 1. The Kier molecular flexibility index (Phi) is 5.75. The van der Waals surface area contributed by atoms with Crippen LogP contribution in [0.1, 0.15) is 22.5 Å². The summed E-state index contributed by atoms with van der Waals surface area (Å²) in [6, 6.07) is 12.6. The number of nitrogens with one attached hydrogen (secondary N) is 1. The Morgan fingerprint density at radius 1 is 1.10 bits per heavy atom. The van der Waals surface area contributed by atoms with Crippen LogP contribution in [-0.4, -0.2) is 27.6 Å². The lowest BCUT2D eigenvalue weighted by molar-refractivity contribution is 0.102. The van der Waals surface area contributed by atoms with E-state index in [1.165, 1.54) is 31.5 Å². The van der Waals surface area contributed by atoms with Crippen molar-refractivity contribution in [3.8, 4) is 17.0 Å². The van der Waals surface area contributed by atoms with Crippen molar-refractivity contribution < 1.29 is 18.3 Å². The first-order valence-electron chi connectivity index (χ1n) is 8.95. The number of hydrogen-bond acceptors (Lipinski definition) is 4. The quantitative estimate of drug-likeness (QED) is 0.400. The molecule has 0 saturated carbocycles. The van der Waals surface area contributed by atoms with Crippen LogP contribution in [0.3, 0.4) is 0 Å². The van der Waals surface area contributed by atoms with Crippen LogP contribution in [0.4, 0.5) is 14.5 Å². The number of halogens is 4. The number of aromatic nitrogens is 3. The average molecular weight is 463 g/mol. The molecule has 0 aliphatic carbocycles. The van der Waals surface area contributed by atoms with Crippen LogP contribution in [0.5, 0.6) is 5.75 Å². The molecule has 0 aliphatic rings. The smallest absolute Gasteiger partial charge is 0.280 e. The van der Waals surface area contributed by atoms with Crippen molar-refractivity contribution in [1.82, 2.24) is 14.6 Å². The van der Waals surface area contributed by atoms with Gasteiger partial charge in [0.15, 0.2) is 5.65 Å². The number of nitrogens with zero attached hydrogens (tertiary/aromatic N) is 3. The second-order valence-electron chi connectivity index (χ2n) is 6.47. The van der Waals surface area contributed by atoms with Crippen molar-refractivity contribution in [3.63, 3.8) is 0 Å². The number of carbonyl (C=O) groups is 1. The van der Waals surface area contributed by atoms with Crippen LogP contribution in [0.2, 0.25) is 10.0 Å². The largest absolute Gasteiger partial charge is 0.497 e. The second kappa shape index (κ2) is 8.49. The molecule has 0 radical (unpaired) electrons. The average Bonchev–Trinajstić information content (AvgIpc) is 3.19. The minimum atomic E-state index is -2.83. The summed E-state index contributed by atoms with van der Waals surface area (Å²) < 4.78 is 33.5. The minimum absolute atomic E-state index is 0.00109. The Hall–Kier alpha value is -3.23. The zero-order chi connectivity index (χ0) is 22.1. The fourth-order valence-corrected chi connectivity index (χ4v) is 3.28. The van der Waals surface area contributed by atoms with Crippen LogP contribution >= 0.6 is 23.2 Å². The first-order valence-corrected chi connectivity index (χ1v) is 9.70. The molecule has 4 aromatic rings. The molecule has 2 heterocycles. The number of carbonyl (C=O) groups excluding carboxylic acids is 1. The van der Waals surface area contributed by atoms with Gasteiger partial charge in [-0.25, -0.2) is 18.3 Å². The molecule has 31 heavy (non-hydrogen) atoms. The summed E-state index contributed by atoms with van der Waals surface area (Å²) in [4.78, 5) is 17.2. The molecule has 4 rings (SSSR count). The van der Waals surface area contributed by atoms with Crippen molar-refractivity contribution in [3.05, 3.63) is 76.0 Å². The van der Waals surface area contributed by atoms with Crippen molar-refractivity contribution >= 4 is 40.4 Å². The van der Waals surface area contributed by atoms with E-state index in [4.69, 9.17) is 27.9 Å². The van der Waals surface area contributed by atoms with Crippen molar-refractivity contribution in [2.75, 3.05) is 12.4 Å². The van der Waals surface area contributed by atoms with Gasteiger partial charge in [0, 0.05) is 11.3 Å². The lowest BCUT2D eigenvalue weighted by atomic mass is 10.1. The fraction of sp³-hybridized carbons (Fsp3) is 0.0952. The predicted molar refractivity (Wildman–Crippen MR) is 114 cm³/mol. The van der Waals surface area contributed by atoms with Gasteiger partial charge in [-0.2, -0.15) is 5.10 Å². The van der Waals surface area contributed by atoms with E-state index in [2.05, 4.69) is 15.4 Å². The van der Waals surface area contributed by atoms with Gasteiger partial charge in [-0.15, -0.1) is 0 Å². The van der Waals surface area contributed by atoms with E-state index >= 15 is 0 Å². The van der Waals surface area contributed by atoms with Gasteiger partial charge >= 0.3 is 0 Å². The maximum Gasteiger partial charge on any atom is 0.280 e. The molecule has 1 amide bonds. The van der Waals surface area contributed by atoms with Gasteiger partial charge in [0.05, 0.1) is 29.0 Å². The van der Waals surface area contributed by atoms with E-state index in [0.29, 0.717) is 22.0 Å². The molecule has 0 saturated heterocycles. The van der Waals surface area contributed by atoms with Crippen LogP contribution in [-0.2, 0) is 0 Å². The lowest BCUT2D eigenvalue weighted by Gasteiger charge is -2.09. The lowest BCUT2D eigenvalue weighted by Crippen LogP contribution is -2.12. The first kappa shape index (κ1) is 21.0. The Morgan fingerprint density at radius 3 is 2.48 bits per heavy atom. The zero-order valence-electron chi connectivity index (χ0n) is 15.9. The number of alkyl halides is 2. The highest BCUT2D eigenvalue weighted by molar-refractivity contribution is 6.42. The monoisotopic (exact) mass is 462 g/mol. The molecule has 0 atom stereocenters. The van der Waals surface area contributed by atoms with Gasteiger partial charge in [0.2, 0.25) is 0 Å². The Balaban J connectivity index is 1.78. The highest BCUT2D eigenvalue weighted by Gasteiger charge is 2.22. The van der Waals surface area contributed by atoms with Gasteiger partial charge < -0.3 is 10.1 Å². The minimum Gasteiger partial charge on any atom is -0.497 e. The van der Waals surface area contributed by atoms with E-state index < -0.39 is 12.3 Å². The van der Waals surface area contributed by atoms with E-state index in [1.54, 1.807) is 30.3 Å². The van der Waals surface area contributed by atoms with Crippen molar-refractivity contribution in [2.45, 2.75) is 6.43 Å². The Morgan fingerprint density at radius 2 is 1.84 bits per heavy atom. The van der Waals surface area contributed by atoms with Gasteiger partial charge in [-0.3, -0.25) is 4.79 Å². The number of ether oxygens (including phenoxy) is 1. The summed E-state index contributed by atoms with van der Waals surface area (Å²) in [5.41, 5.74) is 0.893. The fourth-order valence-electron chi connectivity index (χ4n) is 2.98. The summed E-state index contributed by atoms with van der Waals surface area (Å²) in [5.74, 6) is 0.0398. The van der Waals surface area contributed by atoms with Crippen LogP contribution < -0.4 is 10.1 Å². The Bertz CT molecular complexity index is 1280. The van der Waals surface area contributed by atoms with Crippen LogP contribution in [0.25, 0.3) is 16.9 Å².